The highest BCUT2D eigenvalue weighted by atomic mass is 16.2. The molecule has 126 valence electrons. The van der Waals surface area contributed by atoms with Crippen molar-refractivity contribution in [3.05, 3.63) is 0 Å². The summed E-state index contributed by atoms with van der Waals surface area (Å²) in [7, 11) is 1.87. The average molecular weight is 309 g/mol. The fourth-order valence-electron chi connectivity index (χ4n) is 3.62. The molecular weight excluding hydrogens is 278 g/mol. The van der Waals surface area contributed by atoms with Gasteiger partial charge in [0.1, 0.15) is 0 Å². The highest BCUT2D eigenvalue weighted by molar-refractivity contribution is 5.87. The molecule has 1 N–H and O–H groups in total. The van der Waals surface area contributed by atoms with Crippen molar-refractivity contribution >= 4 is 11.8 Å². The summed E-state index contributed by atoms with van der Waals surface area (Å²) in [4.78, 5) is 29.0. The second-order valence-corrected chi connectivity index (χ2v) is 7.08. The number of likely N-dealkylation sites (tertiary alicyclic amines) is 1. The first-order valence-electron chi connectivity index (χ1n) is 8.72. The van der Waals surface area contributed by atoms with Crippen LogP contribution in [0.5, 0.6) is 0 Å². The quantitative estimate of drug-likeness (QED) is 0.858. The fraction of sp³-hybridized carbons (Fsp3) is 0.882. The minimum absolute atomic E-state index is 0.0746. The molecule has 0 aromatic heterocycles. The Balaban J connectivity index is 1.92. The van der Waals surface area contributed by atoms with Crippen LogP contribution in [-0.4, -0.2) is 59.9 Å². The smallest absolute Gasteiger partial charge is 0.242 e. The molecule has 0 bridgehead atoms. The van der Waals surface area contributed by atoms with E-state index < -0.39 is 0 Å². The molecular formula is C17H31N3O2. The third kappa shape index (κ3) is 3.29. The number of carbonyl (C=O) groups is 2. The summed E-state index contributed by atoms with van der Waals surface area (Å²) in [6.07, 6.45) is 4.45. The molecule has 0 radical (unpaired) electrons. The number of carbonyl (C=O) groups excluding carboxylic acids is 2. The first-order chi connectivity index (χ1) is 10.4. The third-order valence-electron chi connectivity index (χ3n) is 5.51. The van der Waals surface area contributed by atoms with Gasteiger partial charge in [0, 0.05) is 32.1 Å². The van der Waals surface area contributed by atoms with E-state index in [0.29, 0.717) is 13.1 Å². The summed E-state index contributed by atoms with van der Waals surface area (Å²) in [5, 5.41) is 3.42. The van der Waals surface area contributed by atoms with Crippen LogP contribution in [0, 0.1) is 5.92 Å². The number of rotatable bonds is 4. The van der Waals surface area contributed by atoms with Gasteiger partial charge in [0.2, 0.25) is 11.8 Å². The number of amides is 2. The number of piperidine rings is 1. The van der Waals surface area contributed by atoms with Gasteiger partial charge in [-0.25, -0.2) is 0 Å². The minimum atomic E-state index is -0.342. The van der Waals surface area contributed by atoms with Crippen LogP contribution < -0.4 is 5.32 Å². The van der Waals surface area contributed by atoms with Crippen molar-refractivity contribution in [2.24, 2.45) is 5.92 Å². The van der Waals surface area contributed by atoms with Gasteiger partial charge in [0.25, 0.3) is 0 Å². The first kappa shape index (κ1) is 17.3. The van der Waals surface area contributed by atoms with Crippen LogP contribution in [0.15, 0.2) is 0 Å². The Labute approximate surface area is 134 Å². The Morgan fingerprint density at radius 1 is 1.32 bits per heavy atom. The van der Waals surface area contributed by atoms with E-state index >= 15 is 0 Å². The summed E-state index contributed by atoms with van der Waals surface area (Å²) in [5.74, 6) is 0.549. The Hall–Kier alpha value is -1.10. The zero-order valence-electron chi connectivity index (χ0n) is 14.5. The Bertz CT molecular complexity index is 408. The summed E-state index contributed by atoms with van der Waals surface area (Å²) >= 11 is 0. The van der Waals surface area contributed by atoms with E-state index in [1.165, 1.54) is 0 Å². The zero-order chi connectivity index (χ0) is 16.3. The van der Waals surface area contributed by atoms with Crippen LogP contribution in [-0.2, 0) is 9.59 Å². The van der Waals surface area contributed by atoms with Crippen molar-refractivity contribution in [1.82, 2.24) is 15.1 Å². The van der Waals surface area contributed by atoms with Crippen LogP contribution in [0.4, 0.5) is 0 Å². The molecule has 5 heteroatoms. The molecule has 1 atom stereocenters. The van der Waals surface area contributed by atoms with Gasteiger partial charge in [-0.1, -0.05) is 6.92 Å². The second kappa shape index (κ2) is 6.99. The molecule has 0 spiro atoms. The van der Waals surface area contributed by atoms with E-state index in [9.17, 15) is 9.59 Å². The lowest BCUT2D eigenvalue weighted by Gasteiger charge is -2.39. The molecule has 2 heterocycles. The van der Waals surface area contributed by atoms with Crippen LogP contribution in [0.3, 0.4) is 0 Å². The molecule has 2 amide bonds. The zero-order valence-corrected chi connectivity index (χ0v) is 14.5. The van der Waals surface area contributed by atoms with Gasteiger partial charge in [-0.2, -0.15) is 0 Å². The van der Waals surface area contributed by atoms with Gasteiger partial charge >= 0.3 is 0 Å². The predicted molar refractivity (Wildman–Crippen MR) is 87.5 cm³/mol. The SMILES string of the molecule is CCC1(C(=O)N2CCC(C(=O)N(C)C(C)C)CC2)CCCN1. The van der Waals surface area contributed by atoms with E-state index in [2.05, 4.69) is 12.2 Å². The van der Waals surface area contributed by atoms with E-state index in [-0.39, 0.29) is 29.3 Å². The highest BCUT2D eigenvalue weighted by Crippen LogP contribution is 2.28. The molecule has 0 aromatic carbocycles. The van der Waals surface area contributed by atoms with E-state index in [1.54, 1.807) is 0 Å². The van der Waals surface area contributed by atoms with Crippen LogP contribution in [0.25, 0.3) is 0 Å². The van der Waals surface area contributed by atoms with Gasteiger partial charge in [0.15, 0.2) is 0 Å². The summed E-state index contributed by atoms with van der Waals surface area (Å²) in [6.45, 7) is 8.52. The number of hydrogen-bond donors (Lipinski definition) is 1. The van der Waals surface area contributed by atoms with E-state index in [1.807, 2.05) is 30.7 Å². The molecule has 0 aliphatic carbocycles. The monoisotopic (exact) mass is 309 g/mol. The maximum atomic E-state index is 12.8. The van der Waals surface area contributed by atoms with Crippen LogP contribution in [0.2, 0.25) is 0 Å². The van der Waals surface area contributed by atoms with Gasteiger partial charge in [0.05, 0.1) is 5.54 Å². The maximum absolute atomic E-state index is 12.8. The van der Waals surface area contributed by atoms with Gasteiger partial charge in [-0.05, 0) is 52.5 Å². The number of nitrogens with one attached hydrogen (secondary N) is 1. The van der Waals surface area contributed by atoms with Gasteiger partial charge in [-0.15, -0.1) is 0 Å². The molecule has 2 aliphatic rings. The minimum Gasteiger partial charge on any atom is -0.343 e. The standard InChI is InChI=1S/C17H31N3O2/c1-5-17(9-6-10-18-17)16(22)20-11-7-14(8-12-20)15(21)19(4)13(2)3/h13-14,18H,5-12H2,1-4H3. The Kier molecular flexibility index (Phi) is 5.48. The highest BCUT2D eigenvalue weighted by Gasteiger charge is 2.43. The molecule has 2 rings (SSSR count). The second-order valence-electron chi connectivity index (χ2n) is 7.08. The summed E-state index contributed by atoms with van der Waals surface area (Å²) in [5.41, 5.74) is -0.342. The number of hydrogen-bond acceptors (Lipinski definition) is 3. The lowest BCUT2D eigenvalue weighted by atomic mass is 9.89. The molecule has 22 heavy (non-hydrogen) atoms. The van der Waals surface area contributed by atoms with Crippen molar-refractivity contribution in [1.29, 1.82) is 0 Å². The largest absolute Gasteiger partial charge is 0.343 e. The van der Waals surface area contributed by atoms with Crippen molar-refractivity contribution in [3.8, 4) is 0 Å². The Morgan fingerprint density at radius 2 is 1.95 bits per heavy atom. The molecule has 5 nitrogen and oxygen atoms in total. The predicted octanol–water partition coefficient (Wildman–Crippen LogP) is 1.62. The molecule has 0 aromatic rings. The molecule has 1 unspecified atom stereocenters. The fourth-order valence-corrected chi connectivity index (χ4v) is 3.62. The van der Waals surface area contributed by atoms with Crippen molar-refractivity contribution in [2.45, 2.75) is 64.5 Å². The number of nitrogens with zero attached hydrogens (tertiary/aromatic N) is 2. The van der Waals surface area contributed by atoms with Crippen molar-refractivity contribution < 1.29 is 9.59 Å². The summed E-state index contributed by atoms with van der Waals surface area (Å²) < 4.78 is 0. The lowest BCUT2D eigenvalue weighted by Crippen LogP contribution is -2.56. The van der Waals surface area contributed by atoms with Crippen molar-refractivity contribution in [3.63, 3.8) is 0 Å². The van der Waals surface area contributed by atoms with Crippen LogP contribution >= 0.6 is 0 Å². The van der Waals surface area contributed by atoms with Crippen molar-refractivity contribution in [2.75, 3.05) is 26.7 Å². The first-order valence-corrected chi connectivity index (χ1v) is 8.72. The van der Waals surface area contributed by atoms with Gasteiger partial charge in [-0.3, -0.25) is 9.59 Å². The Morgan fingerprint density at radius 3 is 2.41 bits per heavy atom. The molecule has 2 fully saturated rings. The summed E-state index contributed by atoms with van der Waals surface area (Å²) in [6, 6.07) is 0.234. The molecule has 2 aliphatic heterocycles. The lowest BCUT2D eigenvalue weighted by molar-refractivity contribution is -0.144. The average Bonchev–Trinajstić information content (AvgIpc) is 3.03. The molecule has 0 saturated carbocycles. The normalized spacial score (nSPS) is 26.5. The maximum Gasteiger partial charge on any atom is 0.242 e. The molecule has 2 saturated heterocycles. The topological polar surface area (TPSA) is 52.7 Å². The van der Waals surface area contributed by atoms with Crippen LogP contribution in [0.1, 0.15) is 52.9 Å². The van der Waals surface area contributed by atoms with Gasteiger partial charge < -0.3 is 15.1 Å². The van der Waals surface area contributed by atoms with E-state index in [0.717, 1.165) is 38.6 Å². The van der Waals surface area contributed by atoms with E-state index in [4.69, 9.17) is 0 Å². The third-order valence-corrected chi connectivity index (χ3v) is 5.51.